The van der Waals surface area contributed by atoms with Gasteiger partial charge in [0, 0.05) is 0 Å². The second-order valence-corrected chi connectivity index (χ2v) is 4.28. The fourth-order valence-corrected chi connectivity index (χ4v) is 1.32. The first-order valence-electron chi connectivity index (χ1n) is 4.72. The van der Waals surface area contributed by atoms with Gasteiger partial charge in [-0.3, -0.25) is 0 Å². The fraction of sp³-hybridized carbons (Fsp3) is 0.500. The van der Waals surface area contributed by atoms with Crippen molar-refractivity contribution < 1.29 is 4.74 Å². The molecule has 0 aliphatic carbocycles. The Kier molecular flexibility index (Phi) is 3.10. The van der Waals surface area contributed by atoms with Crippen molar-refractivity contribution >= 4 is 0 Å². The Morgan fingerprint density at radius 3 is 2.08 bits per heavy atom. The predicted molar refractivity (Wildman–Crippen MR) is 55.7 cm³/mol. The number of hydrogen-bond acceptors (Lipinski definition) is 1. The van der Waals surface area contributed by atoms with Gasteiger partial charge in [-0.05, 0) is 33.3 Å². The molecular weight excluding hydrogens is 160 g/mol. The maximum Gasteiger partial charge on any atom is 0.0803 e. The van der Waals surface area contributed by atoms with Crippen molar-refractivity contribution in [1.82, 2.24) is 0 Å². The highest BCUT2D eigenvalue weighted by Gasteiger charge is 2.15. The number of benzene rings is 1. The number of ether oxygens (including phenoxy) is 1. The van der Waals surface area contributed by atoms with Gasteiger partial charge in [-0.15, -0.1) is 0 Å². The van der Waals surface area contributed by atoms with Gasteiger partial charge in [-0.2, -0.15) is 0 Å². The van der Waals surface area contributed by atoms with Crippen LogP contribution in [0.4, 0.5) is 0 Å². The molecule has 1 nitrogen and oxygen atoms in total. The molecular formula is C12H18O. The lowest BCUT2D eigenvalue weighted by Crippen LogP contribution is -2.21. The van der Waals surface area contributed by atoms with E-state index < -0.39 is 0 Å². The van der Waals surface area contributed by atoms with Gasteiger partial charge in [-0.1, -0.05) is 30.3 Å². The van der Waals surface area contributed by atoms with E-state index >= 15 is 0 Å². The quantitative estimate of drug-likeness (QED) is 0.672. The van der Waals surface area contributed by atoms with E-state index in [0.717, 1.165) is 0 Å². The highest BCUT2D eigenvalue weighted by atomic mass is 16.5. The summed E-state index contributed by atoms with van der Waals surface area (Å²) in [4.78, 5) is 0. The van der Waals surface area contributed by atoms with Crippen LogP contribution in [0.3, 0.4) is 0 Å². The van der Waals surface area contributed by atoms with Gasteiger partial charge in [-0.25, -0.2) is 0 Å². The number of rotatable bonds is 2. The summed E-state index contributed by atoms with van der Waals surface area (Å²) in [5.41, 5.74) is 1.16. The maximum atomic E-state index is 5.82. The molecule has 1 heteroatoms. The van der Waals surface area contributed by atoms with Gasteiger partial charge < -0.3 is 4.74 Å². The lowest BCUT2D eigenvalue weighted by atomic mass is 10.1. The van der Waals surface area contributed by atoms with E-state index in [0.29, 0.717) is 0 Å². The van der Waals surface area contributed by atoms with Crippen LogP contribution in [0.5, 0.6) is 0 Å². The molecule has 0 amide bonds. The van der Waals surface area contributed by atoms with Crippen molar-refractivity contribution in [2.75, 3.05) is 0 Å². The summed E-state index contributed by atoms with van der Waals surface area (Å²) in [5.74, 6) is 0. The second kappa shape index (κ2) is 3.93. The third kappa shape index (κ3) is 3.60. The topological polar surface area (TPSA) is 9.23 Å². The van der Waals surface area contributed by atoms with Crippen LogP contribution in [0.1, 0.15) is 39.4 Å². The largest absolute Gasteiger partial charge is 0.368 e. The Hall–Kier alpha value is -0.820. The molecule has 0 unspecified atom stereocenters. The van der Waals surface area contributed by atoms with Crippen LogP contribution in [-0.2, 0) is 4.74 Å². The molecule has 0 N–H and O–H groups in total. The Morgan fingerprint density at radius 1 is 1.08 bits per heavy atom. The summed E-state index contributed by atoms with van der Waals surface area (Å²) >= 11 is 0. The summed E-state index contributed by atoms with van der Waals surface area (Å²) < 4.78 is 5.82. The van der Waals surface area contributed by atoms with Gasteiger partial charge in [0.05, 0.1) is 11.7 Å². The van der Waals surface area contributed by atoms with Gasteiger partial charge in [0.2, 0.25) is 0 Å². The van der Waals surface area contributed by atoms with E-state index in [9.17, 15) is 0 Å². The summed E-state index contributed by atoms with van der Waals surface area (Å²) in [5, 5.41) is 0. The Morgan fingerprint density at radius 2 is 1.62 bits per heavy atom. The van der Waals surface area contributed by atoms with Crippen LogP contribution in [0, 0.1) is 0 Å². The Bertz CT molecular complexity index is 246. The second-order valence-electron chi connectivity index (χ2n) is 4.28. The third-order valence-electron chi connectivity index (χ3n) is 1.80. The standard InChI is InChI=1S/C12H18O/c1-10(13-12(2,3)4)11-8-6-5-7-9-11/h5-10H,1-4H3/t10-/m0/s1. The lowest BCUT2D eigenvalue weighted by Gasteiger charge is -2.25. The third-order valence-corrected chi connectivity index (χ3v) is 1.80. The van der Waals surface area contributed by atoms with Crippen molar-refractivity contribution in [1.29, 1.82) is 0 Å². The van der Waals surface area contributed by atoms with E-state index in [4.69, 9.17) is 4.74 Å². The Balaban J connectivity index is 2.64. The molecule has 1 rings (SSSR count). The first-order valence-corrected chi connectivity index (χ1v) is 4.72. The predicted octanol–water partition coefficient (Wildman–Crippen LogP) is 3.56. The molecule has 0 saturated carbocycles. The fourth-order valence-electron chi connectivity index (χ4n) is 1.32. The lowest BCUT2D eigenvalue weighted by molar-refractivity contribution is -0.0529. The molecule has 0 heterocycles. The molecule has 0 aliphatic heterocycles. The first-order chi connectivity index (χ1) is 5.99. The van der Waals surface area contributed by atoms with E-state index in [-0.39, 0.29) is 11.7 Å². The minimum atomic E-state index is -0.0741. The van der Waals surface area contributed by atoms with Crippen LogP contribution >= 0.6 is 0 Å². The maximum absolute atomic E-state index is 5.82. The van der Waals surface area contributed by atoms with Gasteiger partial charge in [0.15, 0.2) is 0 Å². The zero-order valence-electron chi connectivity index (χ0n) is 8.87. The zero-order valence-corrected chi connectivity index (χ0v) is 8.87. The van der Waals surface area contributed by atoms with E-state index in [1.165, 1.54) is 5.56 Å². The van der Waals surface area contributed by atoms with Gasteiger partial charge in [0.1, 0.15) is 0 Å². The molecule has 1 atom stereocenters. The minimum Gasteiger partial charge on any atom is -0.368 e. The SMILES string of the molecule is C[C@H](OC(C)(C)C)c1ccccc1. The van der Waals surface area contributed by atoms with Gasteiger partial charge in [0.25, 0.3) is 0 Å². The van der Waals surface area contributed by atoms with E-state index in [1.54, 1.807) is 0 Å². The molecule has 1 aromatic carbocycles. The molecule has 0 aromatic heterocycles. The summed E-state index contributed by atoms with van der Waals surface area (Å²) in [6.07, 6.45) is 0.168. The Labute approximate surface area is 80.7 Å². The monoisotopic (exact) mass is 178 g/mol. The highest BCUT2D eigenvalue weighted by Crippen LogP contribution is 2.22. The zero-order chi connectivity index (χ0) is 9.90. The number of hydrogen-bond donors (Lipinski definition) is 0. The van der Waals surface area contributed by atoms with Crippen LogP contribution < -0.4 is 0 Å². The van der Waals surface area contributed by atoms with Crippen molar-refractivity contribution in [2.45, 2.75) is 39.4 Å². The summed E-state index contributed by atoms with van der Waals surface area (Å²) in [6, 6.07) is 10.3. The molecule has 0 saturated heterocycles. The molecule has 0 spiro atoms. The highest BCUT2D eigenvalue weighted by molar-refractivity contribution is 5.16. The molecule has 0 radical (unpaired) electrons. The van der Waals surface area contributed by atoms with Crippen LogP contribution in [0.15, 0.2) is 30.3 Å². The molecule has 0 aliphatic rings. The molecule has 1 aromatic rings. The van der Waals surface area contributed by atoms with Crippen molar-refractivity contribution in [2.24, 2.45) is 0 Å². The van der Waals surface area contributed by atoms with E-state index in [1.807, 2.05) is 18.2 Å². The average molecular weight is 178 g/mol. The minimum absolute atomic E-state index is 0.0741. The molecule has 13 heavy (non-hydrogen) atoms. The molecule has 72 valence electrons. The van der Waals surface area contributed by atoms with Crippen molar-refractivity contribution in [3.8, 4) is 0 Å². The van der Waals surface area contributed by atoms with E-state index in [2.05, 4.69) is 39.8 Å². The van der Waals surface area contributed by atoms with Crippen LogP contribution in [0.2, 0.25) is 0 Å². The summed E-state index contributed by atoms with van der Waals surface area (Å²) in [6.45, 7) is 8.31. The first kappa shape index (κ1) is 10.3. The molecule has 0 bridgehead atoms. The van der Waals surface area contributed by atoms with Crippen LogP contribution in [0.25, 0.3) is 0 Å². The van der Waals surface area contributed by atoms with Gasteiger partial charge >= 0.3 is 0 Å². The average Bonchev–Trinajstić information content (AvgIpc) is 2.03. The summed E-state index contributed by atoms with van der Waals surface area (Å²) in [7, 11) is 0. The molecule has 0 fully saturated rings. The normalized spacial score (nSPS) is 14.2. The van der Waals surface area contributed by atoms with Crippen LogP contribution in [-0.4, -0.2) is 5.60 Å². The van der Waals surface area contributed by atoms with Crippen molar-refractivity contribution in [3.63, 3.8) is 0 Å². The van der Waals surface area contributed by atoms with Crippen molar-refractivity contribution in [3.05, 3.63) is 35.9 Å². The smallest absolute Gasteiger partial charge is 0.0803 e.